The molecule has 0 unspecified atom stereocenters. The smallest absolute Gasteiger partial charge is 0.811 e. The van der Waals surface area contributed by atoms with Gasteiger partial charge in [0.25, 0.3) is 0 Å². The Labute approximate surface area is 357 Å². The average Bonchev–Trinajstić information content (AvgIpc) is 3.61. The Morgan fingerprint density at radius 2 is 1.50 bits per heavy atom. The van der Waals surface area contributed by atoms with E-state index in [2.05, 4.69) is 17.1 Å². The van der Waals surface area contributed by atoms with Gasteiger partial charge in [0.1, 0.15) is 11.2 Å². The van der Waals surface area contributed by atoms with Gasteiger partial charge in [-0.2, -0.15) is 6.21 Å². The zero-order chi connectivity index (χ0) is 45.3. The van der Waals surface area contributed by atoms with Crippen LogP contribution in [0, 0.1) is 29.8 Å². The van der Waals surface area contributed by atoms with Crippen molar-refractivity contribution < 1.29 is 34.1 Å². The summed E-state index contributed by atoms with van der Waals surface area (Å²) in [6, 6.07) is 41.8. The van der Waals surface area contributed by atoms with Crippen LogP contribution >= 0.6 is 0 Å². The normalized spacial score (nSPS) is 14.8. The third kappa shape index (κ3) is 11.0. The largest absolute Gasteiger partial charge is 3.00 e. The molecule has 0 radical (unpaired) electrons. The first-order chi connectivity index (χ1) is 29.0. The van der Waals surface area contributed by atoms with E-state index in [0.717, 1.165) is 56.0 Å². The summed E-state index contributed by atoms with van der Waals surface area (Å²) < 4.78 is 64.0. The molecule has 5 aromatic carbocycles. The first kappa shape index (κ1) is 33.0. The van der Waals surface area contributed by atoms with Crippen LogP contribution in [0.1, 0.15) is 85.9 Å². The average molecular weight is 919 g/mol. The zero-order valence-corrected chi connectivity index (χ0v) is 35.3. The van der Waals surface area contributed by atoms with Crippen LogP contribution in [0.4, 0.5) is 0 Å². The minimum atomic E-state index is -2.32. The Balaban J connectivity index is 0.000000247. The molecular formula is C52H51IrN2O. The number of benzene rings is 5. The molecule has 2 heterocycles. The molecule has 0 bridgehead atoms. The van der Waals surface area contributed by atoms with Crippen LogP contribution < -0.4 is 0 Å². The van der Waals surface area contributed by atoms with Crippen molar-refractivity contribution >= 4 is 39.3 Å². The van der Waals surface area contributed by atoms with Gasteiger partial charge < -0.3 is 14.8 Å². The SMILES string of the molecule is [2H]C([2H])([2H])c1c[c-]c(-c2ccc(C([2H])([2H])C(C)(C)C)cn2)cc1-c1ccc2oc3ccccc3c2c1.[2H]C([2H])(c1ccc(C(/C=C(\C)c2[c-]cccc2)=C/C=[N-])cc1)C(C)(C)C.[Ir+3]. The van der Waals surface area contributed by atoms with E-state index in [0.29, 0.717) is 27.9 Å². The van der Waals surface area contributed by atoms with Crippen LogP contribution in [0.25, 0.3) is 60.9 Å². The molecule has 0 spiro atoms. The number of furan rings is 1. The number of allylic oxidation sites excluding steroid dienone is 4. The van der Waals surface area contributed by atoms with Crippen LogP contribution in [0.5, 0.6) is 0 Å². The van der Waals surface area contributed by atoms with E-state index in [1.54, 1.807) is 30.5 Å². The number of rotatable bonds is 8. The number of hydrogen-bond acceptors (Lipinski definition) is 2. The molecule has 56 heavy (non-hydrogen) atoms. The van der Waals surface area contributed by atoms with E-state index in [1.165, 1.54) is 6.07 Å². The van der Waals surface area contributed by atoms with Crippen molar-refractivity contribution in [2.45, 2.75) is 68.1 Å². The summed E-state index contributed by atoms with van der Waals surface area (Å²) >= 11 is 0. The topological polar surface area (TPSA) is 48.3 Å². The fraction of sp³-hybridized carbons (Fsp3) is 0.231. The van der Waals surface area contributed by atoms with Gasteiger partial charge in [-0.25, -0.2) is 0 Å². The van der Waals surface area contributed by atoms with Gasteiger partial charge in [0, 0.05) is 26.6 Å². The summed E-state index contributed by atoms with van der Waals surface area (Å²) in [5.41, 5.74) is 8.16. The molecule has 0 aliphatic rings. The van der Waals surface area contributed by atoms with Gasteiger partial charge in [-0.05, 0) is 75.3 Å². The molecule has 0 amide bonds. The van der Waals surface area contributed by atoms with Gasteiger partial charge in [0.15, 0.2) is 0 Å². The van der Waals surface area contributed by atoms with Gasteiger partial charge in [0.2, 0.25) is 0 Å². The molecule has 4 heteroatoms. The van der Waals surface area contributed by atoms with E-state index in [9.17, 15) is 5.41 Å². The van der Waals surface area contributed by atoms with Gasteiger partial charge >= 0.3 is 20.1 Å². The van der Waals surface area contributed by atoms with Crippen molar-refractivity contribution in [1.82, 2.24) is 4.98 Å². The van der Waals surface area contributed by atoms with Crippen molar-refractivity contribution in [3.05, 3.63) is 179 Å². The van der Waals surface area contributed by atoms with Crippen molar-refractivity contribution in [3.8, 4) is 22.4 Å². The molecule has 2 aromatic heterocycles. The monoisotopic (exact) mass is 919 g/mol. The Morgan fingerprint density at radius 1 is 0.804 bits per heavy atom. The summed E-state index contributed by atoms with van der Waals surface area (Å²) in [6.45, 7) is 10.9. The second-order valence-corrected chi connectivity index (χ2v) is 15.6. The maximum atomic E-state index is 9.27. The third-order valence-electron chi connectivity index (χ3n) is 8.69. The molecule has 0 saturated heterocycles. The molecule has 0 aliphatic carbocycles. The summed E-state index contributed by atoms with van der Waals surface area (Å²) in [6.07, 6.45) is 3.22. The zero-order valence-electron chi connectivity index (χ0n) is 39.9. The maximum Gasteiger partial charge on any atom is 3.00 e. The standard InChI is InChI=1S/C29H26NO.C23H25N.Ir/c1-19-9-11-22(26-13-10-20(18-30-26)17-29(2,3)4)16-24(19)21-12-14-28-25(15-21)23-7-5-6-8-27(23)31-28;1-18(20-8-6-5-7-9-20)16-22(14-15-24)21-12-10-19(11-13-21)17-23(2,3)4;/h5-10,12-16,18H,17H2,1-4H3;5-8,10-16H,17H2,1-4H3;/q-1;-2;+3/b;18-16+,22-14+;/i1D3,17D2;17D2;. The molecule has 7 aromatic rings. The van der Waals surface area contributed by atoms with Crippen molar-refractivity contribution in [1.29, 1.82) is 0 Å². The van der Waals surface area contributed by atoms with Crippen LogP contribution in [-0.2, 0) is 32.9 Å². The fourth-order valence-corrected chi connectivity index (χ4v) is 6.27. The second-order valence-electron chi connectivity index (χ2n) is 15.6. The van der Waals surface area contributed by atoms with E-state index < -0.39 is 30.4 Å². The van der Waals surface area contributed by atoms with Gasteiger partial charge in [-0.1, -0.05) is 134 Å². The van der Waals surface area contributed by atoms with Crippen LogP contribution in [0.3, 0.4) is 0 Å². The summed E-state index contributed by atoms with van der Waals surface area (Å²) in [5.74, 6) is 0. The quantitative estimate of drug-likeness (QED) is 0.0866. The van der Waals surface area contributed by atoms with Crippen molar-refractivity contribution in [3.63, 3.8) is 0 Å². The predicted molar refractivity (Wildman–Crippen MR) is 235 cm³/mol. The molecule has 0 saturated carbocycles. The van der Waals surface area contributed by atoms with Gasteiger partial charge in [-0.3, -0.25) is 0 Å². The summed E-state index contributed by atoms with van der Waals surface area (Å²) in [4.78, 5) is 4.51. The van der Waals surface area contributed by atoms with E-state index in [4.69, 9.17) is 14.0 Å². The molecule has 284 valence electrons. The molecule has 0 N–H and O–H groups in total. The summed E-state index contributed by atoms with van der Waals surface area (Å²) in [5, 5.41) is 11.2. The molecule has 0 fully saturated rings. The number of pyridine rings is 1. The number of para-hydroxylation sites is 1. The molecule has 3 nitrogen and oxygen atoms in total. The minimum Gasteiger partial charge on any atom is -0.811 e. The molecule has 0 atom stereocenters. The van der Waals surface area contributed by atoms with Crippen LogP contribution in [0.2, 0.25) is 0 Å². The Kier molecular flexibility index (Phi) is 10.7. The first-order valence-corrected chi connectivity index (χ1v) is 18.4. The Bertz CT molecular complexity index is 2760. The fourth-order valence-electron chi connectivity index (χ4n) is 6.27. The van der Waals surface area contributed by atoms with Crippen LogP contribution in [-0.4, -0.2) is 11.2 Å². The van der Waals surface area contributed by atoms with Gasteiger partial charge in [0.05, 0.1) is 0 Å². The van der Waals surface area contributed by atoms with E-state index >= 15 is 0 Å². The maximum absolute atomic E-state index is 9.27. The number of nitrogens with zero attached hydrogens (tertiary/aromatic N) is 2. The van der Waals surface area contributed by atoms with Gasteiger partial charge in [-0.15, -0.1) is 70.8 Å². The minimum absolute atomic E-state index is 0. The Hall–Kier alpha value is -5.15. The van der Waals surface area contributed by atoms with Crippen molar-refractivity contribution in [2.75, 3.05) is 0 Å². The van der Waals surface area contributed by atoms with E-state index in [1.807, 2.05) is 146 Å². The predicted octanol–water partition coefficient (Wildman–Crippen LogP) is 14.2. The Morgan fingerprint density at radius 3 is 2.16 bits per heavy atom. The molecule has 0 aliphatic heterocycles. The van der Waals surface area contributed by atoms with Crippen LogP contribution in [0.15, 0.2) is 138 Å². The third-order valence-corrected chi connectivity index (χ3v) is 8.69. The van der Waals surface area contributed by atoms with E-state index in [-0.39, 0.29) is 25.7 Å². The molecule has 7 rings (SSSR count). The molecular weight excluding hydrogens is 861 g/mol. The summed E-state index contributed by atoms with van der Waals surface area (Å²) in [7, 11) is 0. The number of fused-ring (bicyclic) bond motifs is 3. The van der Waals surface area contributed by atoms with Crippen molar-refractivity contribution in [2.24, 2.45) is 10.8 Å². The second kappa shape index (κ2) is 18.2. The first-order valence-electron chi connectivity index (χ1n) is 21.9. The number of hydrogen-bond donors (Lipinski definition) is 0. The number of aromatic nitrogens is 1. The number of aryl methyl sites for hydroxylation is 1.